The Balaban J connectivity index is 2.31. The van der Waals surface area contributed by atoms with Crippen LogP contribution in [0.15, 0.2) is 40.9 Å². The number of nitrogens with two attached hydrogens (primary N) is 1. The topological polar surface area (TPSA) is 35.2 Å². The van der Waals surface area contributed by atoms with Gasteiger partial charge in [0.15, 0.2) is 0 Å². The normalized spacial score (nSPS) is 10.3. The van der Waals surface area contributed by atoms with Crippen molar-refractivity contribution in [3.8, 4) is 11.5 Å². The van der Waals surface area contributed by atoms with Crippen LogP contribution in [-0.2, 0) is 0 Å². The Labute approximate surface area is 124 Å². The van der Waals surface area contributed by atoms with Crippen LogP contribution in [0.1, 0.15) is 11.1 Å². The number of aryl methyl sites for hydroxylation is 1. The van der Waals surface area contributed by atoms with Crippen LogP contribution in [0.2, 0.25) is 0 Å². The van der Waals surface area contributed by atoms with E-state index in [0.29, 0.717) is 16.5 Å². The van der Waals surface area contributed by atoms with Gasteiger partial charge in [-0.2, -0.15) is 0 Å². The maximum Gasteiger partial charge on any atom is 0.133 e. The quantitative estimate of drug-likeness (QED) is 0.845. The molecule has 0 aliphatic rings. The van der Waals surface area contributed by atoms with Gasteiger partial charge in [-0.05, 0) is 52.7 Å². The monoisotopic (exact) mass is 339 g/mol. The van der Waals surface area contributed by atoms with E-state index in [1.165, 1.54) is 12.1 Å². The van der Waals surface area contributed by atoms with Crippen LogP contribution in [0.4, 0.5) is 4.39 Å². The van der Waals surface area contributed by atoms with E-state index < -0.39 is 0 Å². The number of rotatable bonds is 3. The summed E-state index contributed by atoms with van der Waals surface area (Å²) < 4.78 is 19.6. The van der Waals surface area contributed by atoms with Crippen LogP contribution in [0.3, 0.4) is 0 Å². The van der Waals surface area contributed by atoms with E-state index in [1.54, 1.807) is 24.3 Å². The third-order valence-corrected chi connectivity index (χ3v) is 3.46. The predicted octanol–water partition coefficient (Wildman–Crippen LogP) is 4.32. The van der Waals surface area contributed by atoms with E-state index in [1.807, 2.05) is 6.92 Å². The first kappa shape index (κ1) is 14.0. The summed E-state index contributed by atoms with van der Waals surface area (Å²) in [5, 5.41) is 0. The van der Waals surface area contributed by atoms with Crippen molar-refractivity contribution in [3.05, 3.63) is 57.8 Å². The first-order valence-electron chi connectivity index (χ1n) is 5.51. The highest BCUT2D eigenvalue weighted by Crippen LogP contribution is 2.29. The van der Waals surface area contributed by atoms with Gasteiger partial charge in [0.2, 0.25) is 0 Å². The third kappa shape index (κ3) is 3.30. The van der Waals surface area contributed by atoms with Gasteiger partial charge in [0.05, 0.1) is 0 Å². The molecule has 0 fully saturated rings. The highest BCUT2D eigenvalue weighted by atomic mass is 79.9. The molecule has 2 aromatic carbocycles. The minimum Gasteiger partial charge on any atom is -0.457 e. The first-order valence-corrected chi connectivity index (χ1v) is 6.71. The van der Waals surface area contributed by atoms with Crippen LogP contribution >= 0.6 is 28.1 Å². The molecular formula is C14H11BrFNOS. The summed E-state index contributed by atoms with van der Waals surface area (Å²) in [4.78, 5) is 0.306. The molecule has 2 N–H and O–H groups in total. The summed E-state index contributed by atoms with van der Waals surface area (Å²) >= 11 is 8.29. The second-order valence-electron chi connectivity index (χ2n) is 4.02. The molecule has 0 aliphatic carbocycles. The van der Waals surface area contributed by atoms with Gasteiger partial charge in [-0.1, -0.05) is 18.3 Å². The van der Waals surface area contributed by atoms with Crippen molar-refractivity contribution in [2.24, 2.45) is 5.73 Å². The fourth-order valence-corrected chi connectivity index (χ4v) is 2.45. The lowest BCUT2D eigenvalue weighted by Gasteiger charge is -2.10. The van der Waals surface area contributed by atoms with Crippen LogP contribution in [0, 0.1) is 12.7 Å². The number of ether oxygens (including phenoxy) is 1. The maximum absolute atomic E-state index is 13.2. The highest BCUT2D eigenvalue weighted by molar-refractivity contribution is 9.10. The largest absolute Gasteiger partial charge is 0.457 e. The number of halogens is 2. The number of thiocarbonyl (C=S) groups is 1. The van der Waals surface area contributed by atoms with Gasteiger partial charge in [0, 0.05) is 16.1 Å². The summed E-state index contributed by atoms with van der Waals surface area (Å²) in [5.41, 5.74) is 7.16. The van der Waals surface area contributed by atoms with Crippen LogP contribution in [-0.4, -0.2) is 4.99 Å². The summed E-state index contributed by atoms with van der Waals surface area (Å²) in [7, 11) is 0. The SMILES string of the molecule is Cc1ccc(F)cc1Oc1ccc(C(N)=S)c(Br)c1. The lowest BCUT2D eigenvalue weighted by atomic mass is 10.2. The molecule has 0 spiro atoms. The van der Waals surface area contributed by atoms with E-state index in [9.17, 15) is 4.39 Å². The minimum absolute atomic E-state index is 0.306. The molecule has 0 atom stereocenters. The van der Waals surface area contributed by atoms with Crippen LogP contribution < -0.4 is 10.5 Å². The Morgan fingerprint density at radius 3 is 2.63 bits per heavy atom. The Kier molecular flexibility index (Phi) is 4.17. The molecule has 0 saturated heterocycles. The lowest BCUT2D eigenvalue weighted by molar-refractivity contribution is 0.472. The Bertz CT molecular complexity index is 645. The van der Waals surface area contributed by atoms with Gasteiger partial charge < -0.3 is 10.5 Å². The van der Waals surface area contributed by atoms with Crippen molar-refractivity contribution in [2.45, 2.75) is 6.92 Å². The van der Waals surface area contributed by atoms with E-state index in [4.69, 9.17) is 22.7 Å². The molecule has 2 rings (SSSR count). The first-order chi connectivity index (χ1) is 8.97. The average Bonchev–Trinajstić information content (AvgIpc) is 2.33. The minimum atomic E-state index is -0.334. The molecule has 0 aliphatic heterocycles. The molecule has 2 nitrogen and oxygen atoms in total. The van der Waals surface area contributed by atoms with Gasteiger partial charge >= 0.3 is 0 Å². The second kappa shape index (κ2) is 5.67. The zero-order valence-corrected chi connectivity index (χ0v) is 12.5. The maximum atomic E-state index is 13.2. The van der Waals surface area contributed by atoms with Crippen molar-refractivity contribution in [1.29, 1.82) is 0 Å². The zero-order chi connectivity index (χ0) is 14.0. The Morgan fingerprint density at radius 1 is 1.26 bits per heavy atom. The fourth-order valence-electron chi connectivity index (χ4n) is 1.57. The van der Waals surface area contributed by atoms with Crippen molar-refractivity contribution in [3.63, 3.8) is 0 Å². The molecule has 0 bridgehead atoms. The molecule has 2 aromatic rings. The van der Waals surface area contributed by atoms with E-state index in [2.05, 4.69) is 15.9 Å². The van der Waals surface area contributed by atoms with Gasteiger partial charge in [-0.3, -0.25) is 0 Å². The molecular weight excluding hydrogens is 329 g/mol. The van der Waals surface area contributed by atoms with Gasteiger partial charge in [0.1, 0.15) is 22.3 Å². The Hall–Kier alpha value is -1.46. The third-order valence-electron chi connectivity index (χ3n) is 2.58. The number of benzene rings is 2. The average molecular weight is 340 g/mol. The van der Waals surface area contributed by atoms with Gasteiger partial charge in [-0.15, -0.1) is 0 Å². The van der Waals surface area contributed by atoms with Crippen molar-refractivity contribution < 1.29 is 9.13 Å². The summed E-state index contributed by atoms with van der Waals surface area (Å²) in [5.74, 6) is 0.731. The molecule has 0 amide bonds. The molecule has 0 heterocycles. The second-order valence-corrected chi connectivity index (χ2v) is 5.31. The van der Waals surface area contributed by atoms with E-state index >= 15 is 0 Å². The lowest BCUT2D eigenvalue weighted by Crippen LogP contribution is -2.09. The van der Waals surface area contributed by atoms with Gasteiger partial charge in [0.25, 0.3) is 0 Å². The summed E-state index contributed by atoms with van der Waals surface area (Å²) in [6.45, 7) is 1.85. The number of hydrogen-bond acceptors (Lipinski definition) is 2. The molecule has 98 valence electrons. The van der Waals surface area contributed by atoms with Gasteiger partial charge in [-0.25, -0.2) is 4.39 Å². The molecule has 0 unspecified atom stereocenters. The van der Waals surface area contributed by atoms with Crippen molar-refractivity contribution in [1.82, 2.24) is 0 Å². The molecule has 0 radical (unpaired) electrons. The predicted molar refractivity (Wildman–Crippen MR) is 81.2 cm³/mol. The molecule has 0 saturated carbocycles. The van der Waals surface area contributed by atoms with Crippen molar-refractivity contribution in [2.75, 3.05) is 0 Å². The standard InChI is InChI=1S/C14H11BrFNOS/c1-8-2-3-9(16)6-13(8)18-10-4-5-11(14(17)19)12(15)7-10/h2-7H,1H3,(H2,17,19). The number of hydrogen-bond donors (Lipinski definition) is 1. The van der Waals surface area contributed by atoms with Crippen LogP contribution in [0.5, 0.6) is 11.5 Å². The zero-order valence-electron chi connectivity index (χ0n) is 10.1. The van der Waals surface area contributed by atoms with Crippen LogP contribution in [0.25, 0.3) is 0 Å². The molecule has 19 heavy (non-hydrogen) atoms. The van der Waals surface area contributed by atoms with E-state index in [-0.39, 0.29) is 5.82 Å². The smallest absolute Gasteiger partial charge is 0.133 e. The summed E-state index contributed by atoms with van der Waals surface area (Å²) in [6, 6.07) is 9.67. The Morgan fingerprint density at radius 2 is 2.00 bits per heavy atom. The summed E-state index contributed by atoms with van der Waals surface area (Å²) in [6.07, 6.45) is 0. The fraction of sp³-hybridized carbons (Fsp3) is 0.0714. The highest BCUT2D eigenvalue weighted by Gasteiger charge is 2.07. The van der Waals surface area contributed by atoms with Crippen molar-refractivity contribution >= 4 is 33.1 Å². The molecule has 5 heteroatoms. The molecule has 0 aromatic heterocycles. The van der Waals surface area contributed by atoms with E-state index in [0.717, 1.165) is 15.6 Å².